The maximum absolute atomic E-state index is 12.4. The fourth-order valence-electron chi connectivity index (χ4n) is 3.31. The van der Waals surface area contributed by atoms with E-state index in [-0.39, 0.29) is 12.5 Å². The Morgan fingerprint density at radius 3 is 2.86 bits per heavy atom. The highest BCUT2D eigenvalue weighted by atomic mass is 16.6. The number of rotatable bonds is 6. The predicted molar refractivity (Wildman–Crippen MR) is 79.9 cm³/mol. The summed E-state index contributed by atoms with van der Waals surface area (Å²) in [7, 11) is 1.49. The Morgan fingerprint density at radius 2 is 2.24 bits per heavy atom. The van der Waals surface area contributed by atoms with E-state index in [1.54, 1.807) is 20.8 Å². The van der Waals surface area contributed by atoms with Crippen LogP contribution in [-0.4, -0.2) is 60.5 Å². The number of nitrogens with zero attached hydrogens (tertiary/aromatic N) is 1. The maximum atomic E-state index is 12.4. The Kier molecular flexibility index (Phi) is 5.07. The largest absolute Gasteiger partial charge is 0.459 e. The maximum Gasteiger partial charge on any atom is 0.341 e. The molecule has 3 atom stereocenters. The minimum atomic E-state index is -1.61. The molecule has 1 N–H and O–H groups in total. The summed E-state index contributed by atoms with van der Waals surface area (Å²) in [6.07, 6.45) is 3.87. The second-order valence-electron chi connectivity index (χ2n) is 6.37. The van der Waals surface area contributed by atoms with E-state index in [0.717, 1.165) is 25.1 Å². The predicted octanol–water partition coefficient (Wildman–Crippen LogP) is 1.36. The highest BCUT2D eigenvalue weighted by Crippen LogP contribution is 2.30. The zero-order valence-electron chi connectivity index (χ0n) is 13.5. The van der Waals surface area contributed by atoms with Crippen molar-refractivity contribution in [3.8, 4) is 0 Å². The van der Waals surface area contributed by atoms with Crippen LogP contribution in [0.1, 0.15) is 33.6 Å². The van der Waals surface area contributed by atoms with Gasteiger partial charge in [0.2, 0.25) is 0 Å². The minimum Gasteiger partial charge on any atom is -0.459 e. The first-order valence-electron chi connectivity index (χ1n) is 7.76. The first-order chi connectivity index (χ1) is 9.91. The molecular formula is C16H27NO4. The average Bonchev–Trinajstić information content (AvgIpc) is 3.06. The molecule has 0 aromatic carbocycles. The molecule has 0 aliphatic carbocycles. The van der Waals surface area contributed by atoms with Crippen LogP contribution in [0.4, 0.5) is 0 Å². The van der Waals surface area contributed by atoms with Crippen molar-refractivity contribution in [1.29, 1.82) is 0 Å². The summed E-state index contributed by atoms with van der Waals surface area (Å²) < 4.78 is 10.6. The highest BCUT2D eigenvalue weighted by Gasteiger charge is 2.47. The Bertz CT molecular complexity index is 421. The molecule has 0 aromatic rings. The number of ether oxygens (including phenoxy) is 2. The molecule has 120 valence electrons. The Labute approximate surface area is 126 Å². The monoisotopic (exact) mass is 297 g/mol. The molecule has 2 heterocycles. The van der Waals surface area contributed by atoms with Crippen LogP contribution in [0.15, 0.2) is 11.6 Å². The van der Waals surface area contributed by atoms with Crippen molar-refractivity contribution in [1.82, 2.24) is 4.90 Å². The molecule has 3 unspecified atom stereocenters. The second-order valence-corrected chi connectivity index (χ2v) is 6.37. The van der Waals surface area contributed by atoms with Gasteiger partial charge in [-0.15, -0.1) is 0 Å². The van der Waals surface area contributed by atoms with Gasteiger partial charge in [0.15, 0.2) is 5.60 Å². The van der Waals surface area contributed by atoms with Gasteiger partial charge in [0, 0.05) is 19.7 Å². The van der Waals surface area contributed by atoms with Crippen molar-refractivity contribution < 1.29 is 19.4 Å². The van der Waals surface area contributed by atoms with E-state index in [4.69, 9.17) is 9.47 Å². The van der Waals surface area contributed by atoms with Gasteiger partial charge >= 0.3 is 5.97 Å². The van der Waals surface area contributed by atoms with Gasteiger partial charge in [-0.1, -0.05) is 19.9 Å². The third-order valence-electron chi connectivity index (χ3n) is 4.93. The lowest BCUT2D eigenvalue weighted by Crippen LogP contribution is -2.54. The lowest BCUT2D eigenvalue weighted by molar-refractivity contribution is -0.186. The number of hydrogen-bond acceptors (Lipinski definition) is 5. The van der Waals surface area contributed by atoms with Crippen LogP contribution in [0.2, 0.25) is 0 Å². The van der Waals surface area contributed by atoms with E-state index < -0.39 is 17.7 Å². The Morgan fingerprint density at radius 1 is 1.52 bits per heavy atom. The van der Waals surface area contributed by atoms with Gasteiger partial charge in [-0.05, 0) is 37.8 Å². The van der Waals surface area contributed by atoms with Crippen LogP contribution in [0, 0.1) is 5.92 Å². The molecule has 1 saturated heterocycles. The van der Waals surface area contributed by atoms with Crippen molar-refractivity contribution in [2.45, 2.75) is 51.4 Å². The fraction of sp³-hybridized carbons (Fsp3) is 0.812. The zero-order valence-corrected chi connectivity index (χ0v) is 13.5. The summed E-state index contributed by atoms with van der Waals surface area (Å²) in [5.74, 6) is -0.871. The Hall–Kier alpha value is -0.910. The molecule has 0 amide bonds. The molecule has 0 spiro atoms. The molecule has 2 aliphatic rings. The fourth-order valence-corrected chi connectivity index (χ4v) is 3.31. The number of aliphatic hydroxyl groups is 1. The van der Waals surface area contributed by atoms with Crippen LogP contribution >= 0.6 is 0 Å². The van der Waals surface area contributed by atoms with Crippen molar-refractivity contribution in [3.05, 3.63) is 11.6 Å². The number of carbonyl (C=O) groups excluding carboxylic acids is 1. The molecule has 5 nitrogen and oxygen atoms in total. The van der Waals surface area contributed by atoms with Crippen LogP contribution in [0.25, 0.3) is 0 Å². The van der Waals surface area contributed by atoms with Crippen molar-refractivity contribution >= 4 is 5.97 Å². The molecule has 0 bridgehead atoms. The van der Waals surface area contributed by atoms with Gasteiger partial charge in [-0.2, -0.15) is 0 Å². The van der Waals surface area contributed by atoms with E-state index in [1.165, 1.54) is 13.5 Å². The van der Waals surface area contributed by atoms with Gasteiger partial charge in [0.05, 0.1) is 6.10 Å². The van der Waals surface area contributed by atoms with Crippen LogP contribution in [0.5, 0.6) is 0 Å². The van der Waals surface area contributed by atoms with E-state index >= 15 is 0 Å². The van der Waals surface area contributed by atoms with E-state index in [0.29, 0.717) is 6.04 Å². The summed E-state index contributed by atoms with van der Waals surface area (Å²) in [4.78, 5) is 14.8. The van der Waals surface area contributed by atoms with Gasteiger partial charge in [-0.3, -0.25) is 4.90 Å². The zero-order chi connectivity index (χ0) is 15.6. The third-order valence-corrected chi connectivity index (χ3v) is 4.93. The van der Waals surface area contributed by atoms with Crippen molar-refractivity contribution in [3.63, 3.8) is 0 Å². The molecule has 0 radical (unpaired) electrons. The summed E-state index contributed by atoms with van der Waals surface area (Å²) in [5.41, 5.74) is -0.444. The second kappa shape index (κ2) is 6.46. The van der Waals surface area contributed by atoms with Gasteiger partial charge < -0.3 is 14.6 Å². The summed E-state index contributed by atoms with van der Waals surface area (Å²) >= 11 is 0. The van der Waals surface area contributed by atoms with Crippen LogP contribution in [0.3, 0.4) is 0 Å². The number of hydrogen-bond donors (Lipinski definition) is 1. The van der Waals surface area contributed by atoms with E-state index in [2.05, 4.69) is 11.0 Å². The molecule has 0 saturated carbocycles. The first-order valence-corrected chi connectivity index (χ1v) is 7.76. The SMILES string of the molecule is COC(C)C(O)(C(=O)OCC1=CCN2CCCC12)C(C)C. The lowest BCUT2D eigenvalue weighted by atomic mass is 9.85. The van der Waals surface area contributed by atoms with Gasteiger partial charge in [-0.25, -0.2) is 4.79 Å². The highest BCUT2D eigenvalue weighted by molar-refractivity contribution is 5.80. The van der Waals surface area contributed by atoms with E-state index in [9.17, 15) is 9.90 Å². The van der Waals surface area contributed by atoms with Crippen LogP contribution < -0.4 is 0 Å². The molecule has 1 fully saturated rings. The number of esters is 1. The standard InChI is InChI=1S/C16H27NO4/c1-11(2)16(19,12(3)20-4)15(18)21-10-13-7-9-17-8-5-6-14(13)17/h7,11-12,14,19H,5-6,8-10H2,1-4H3. The first kappa shape index (κ1) is 16.5. The van der Waals surface area contributed by atoms with Gasteiger partial charge in [0.1, 0.15) is 6.61 Å². The minimum absolute atomic E-state index is 0.269. The number of fused-ring (bicyclic) bond motifs is 1. The van der Waals surface area contributed by atoms with Crippen molar-refractivity contribution in [2.24, 2.45) is 5.92 Å². The number of carbonyl (C=O) groups is 1. The smallest absolute Gasteiger partial charge is 0.341 e. The number of methoxy groups -OCH3 is 1. The normalized spacial score (nSPS) is 26.4. The topological polar surface area (TPSA) is 59.0 Å². The summed E-state index contributed by atoms with van der Waals surface area (Å²) in [6.45, 7) is 7.62. The molecule has 5 heteroatoms. The third kappa shape index (κ3) is 3.00. The van der Waals surface area contributed by atoms with Crippen LogP contribution in [-0.2, 0) is 14.3 Å². The average molecular weight is 297 g/mol. The van der Waals surface area contributed by atoms with Gasteiger partial charge in [0.25, 0.3) is 0 Å². The molecular weight excluding hydrogens is 270 g/mol. The lowest BCUT2D eigenvalue weighted by Gasteiger charge is -2.34. The molecule has 2 rings (SSSR count). The Balaban J connectivity index is 1.97. The van der Waals surface area contributed by atoms with E-state index in [1.807, 2.05) is 0 Å². The summed E-state index contributed by atoms with van der Waals surface area (Å²) in [6, 6.07) is 0.421. The quantitative estimate of drug-likeness (QED) is 0.592. The molecule has 0 aromatic heterocycles. The van der Waals surface area contributed by atoms with Crippen molar-refractivity contribution in [2.75, 3.05) is 26.8 Å². The molecule has 2 aliphatic heterocycles. The summed E-state index contributed by atoms with van der Waals surface area (Å²) in [5, 5.41) is 10.7. The molecule has 21 heavy (non-hydrogen) atoms.